The standard InChI is InChI=1S/C17H22N4O3S/c1-12(2)9-14(16(23)24-3)19-15(22)10-25-17-20-18-11-21(17)13-7-5-4-6-8-13/h4-8,11-12,14H,9-10H2,1-3H3,(H,19,22)/t14-/m1/s1. The second-order valence-electron chi connectivity index (χ2n) is 5.88. The van der Waals surface area contributed by atoms with Crippen molar-refractivity contribution in [1.29, 1.82) is 0 Å². The third-order valence-corrected chi connectivity index (χ3v) is 4.35. The van der Waals surface area contributed by atoms with E-state index in [1.807, 2.05) is 48.7 Å². The first-order valence-corrected chi connectivity index (χ1v) is 8.95. The Morgan fingerprint density at radius 3 is 2.64 bits per heavy atom. The topological polar surface area (TPSA) is 86.1 Å². The molecule has 25 heavy (non-hydrogen) atoms. The molecule has 1 N–H and O–H groups in total. The molecular weight excluding hydrogens is 340 g/mol. The Balaban J connectivity index is 1.96. The van der Waals surface area contributed by atoms with E-state index < -0.39 is 12.0 Å². The van der Waals surface area contributed by atoms with E-state index in [2.05, 4.69) is 15.5 Å². The predicted molar refractivity (Wildman–Crippen MR) is 95.5 cm³/mol. The minimum atomic E-state index is -0.634. The summed E-state index contributed by atoms with van der Waals surface area (Å²) in [5.74, 6) is -0.279. The Kier molecular flexibility index (Phi) is 7.00. The molecule has 2 aromatic rings. The van der Waals surface area contributed by atoms with Gasteiger partial charge in [0.25, 0.3) is 0 Å². The number of methoxy groups -OCH3 is 1. The number of hydrogen-bond donors (Lipinski definition) is 1. The zero-order chi connectivity index (χ0) is 18.2. The zero-order valence-corrected chi connectivity index (χ0v) is 15.3. The van der Waals surface area contributed by atoms with Crippen molar-refractivity contribution >= 4 is 23.6 Å². The number of carbonyl (C=O) groups is 2. The molecule has 0 unspecified atom stereocenters. The van der Waals surface area contributed by atoms with E-state index in [-0.39, 0.29) is 17.6 Å². The van der Waals surface area contributed by atoms with Crippen LogP contribution in [0.5, 0.6) is 0 Å². The lowest BCUT2D eigenvalue weighted by Crippen LogP contribution is -2.43. The van der Waals surface area contributed by atoms with E-state index >= 15 is 0 Å². The van der Waals surface area contributed by atoms with Crippen LogP contribution in [0.2, 0.25) is 0 Å². The quantitative estimate of drug-likeness (QED) is 0.571. The molecule has 1 atom stereocenters. The van der Waals surface area contributed by atoms with Gasteiger partial charge in [0.2, 0.25) is 5.91 Å². The highest BCUT2D eigenvalue weighted by Crippen LogP contribution is 2.19. The molecule has 0 saturated carbocycles. The number of hydrogen-bond acceptors (Lipinski definition) is 6. The van der Waals surface area contributed by atoms with Crippen molar-refractivity contribution in [1.82, 2.24) is 20.1 Å². The van der Waals surface area contributed by atoms with Crippen molar-refractivity contribution in [2.45, 2.75) is 31.5 Å². The second kappa shape index (κ2) is 9.22. The Morgan fingerprint density at radius 1 is 1.28 bits per heavy atom. The highest BCUT2D eigenvalue weighted by Gasteiger charge is 2.22. The van der Waals surface area contributed by atoms with Crippen molar-refractivity contribution in [2.24, 2.45) is 5.92 Å². The first-order valence-electron chi connectivity index (χ1n) is 7.96. The van der Waals surface area contributed by atoms with Crippen LogP contribution in [0, 0.1) is 5.92 Å². The minimum absolute atomic E-state index is 0.136. The van der Waals surface area contributed by atoms with Crippen LogP contribution in [0.4, 0.5) is 0 Å². The van der Waals surface area contributed by atoms with E-state index in [4.69, 9.17) is 4.74 Å². The molecule has 0 saturated heterocycles. The molecule has 0 spiro atoms. The molecule has 0 aliphatic rings. The molecule has 134 valence electrons. The third-order valence-electron chi connectivity index (χ3n) is 3.41. The van der Waals surface area contributed by atoms with Crippen LogP contribution in [0.3, 0.4) is 0 Å². The molecule has 0 bridgehead atoms. The molecule has 0 aliphatic heterocycles. The van der Waals surface area contributed by atoms with E-state index in [0.717, 1.165) is 5.69 Å². The Hall–Kier alpha value is -2.35. The number of esters is 1. The second-order valence-corrected chi connectivity index (χ2v) is 6.82. The highest BCUT2D eigenvalue weighted by atomic mass is 32.2. The molecule has 0 aliphatic carbocycles. The normalized spacial score (nSPS) is 12.0. The van der Waals surface area contributed by atoms with Crippen LogP contribution in [-0.4, -0.2) is 45.5 Å². The molecule has 7 nitrogen and oxygen atoms in total. The van der Waals surface area contributed by atoms with Gasteiger partial charge in [-0.2, -0.15) is 0 Å². The summed E-state index contributed by atoms with van der Waals surface area (Å²) in [4.78, 5) is 24.0. The average Bonchev–Trinajstić information content (AvgIpc) is 3.07. The molecule has 0 radical (unpaired) electrons. The SMILES string of the molecule is COC(=O)[C@@H](CC(C)C)NC(=O)CSc1nncn1-c1ccccc1. The maximum Gasteiger partial charge on any atom is 0.328 e. The van der Waals surface area contributed by atoms with Gasteiger partial charge >= 0.3 is 5.97 Å². The van der Waals surface area contributed by atoms with Crippen LogP contribution in [0.15, 0.2) is 41.8 Å². The van der Waals surface area contributed by atoms with Gasteiger partial charge in [-0.25, -0.2) is 4.79 Å². The summed E-state index contributed by atoms with van der Waals surface area (Å²) in [6.45, 7) is 3.97. The summed E-state index contributed by atoms with van der Waals surface area (Å²) in [5.41, 5.74) is 0.919. The van der Waals surface area contributed by atoms with Crippen molar-refractivity contribution in [2.75, 3.05) is 12.9 Å². The number of ether oxygens (including phenoxy) is 1. The van der Waals surface area contributed by atoms with Gasteiger partial charge in [0, 0.05) is 5.69 Å². The number of amides is 1. The van der Waals surface area contributed by atoms with Gasteiger partial charge in [0.1, 0.15) is 12.4 Å². The number of rotatable bonds is 8. The Morgan fingerprint density at radius 2 is 2.00 bits per heavy atom. The lowest BCUT2D eigenvalue weighted by Gasteiger charge is -2.18. The van der Waals surface area contributed by atoms with Gasteiger partial charge in [0.15, 0.2) is 5.16 Å². The van der Waals surface area contributed by atoms with Crippen LogP contribution >= 0.6 is 11.8 Å². The zero-order valence-electron chi connectivity index (χ0n) is 14.5. The number of para-hydroxylation sites is 1. The summed E-state index contributed by atoms with van der Waals surface area (Å²) in [6, 6.07) is 9.00. The molecule has 1 aromatic carbocycles. The number of thioether (sulfide) groups is 1. The minimum Gasteiger partial charge on any atom is -0.467 e. The average molecular weight is 362 g/mol. The van der Waals surface area contributed by atoms with Crippen molar-refractivity contribution in [3.05, 3.63) is 36.7 Å². The van der Waals surface area contributed by atoms with E-state index in [1.54, 1.807) is 6.33 Å². The number of aromatic nitrogens is 3. The smallest absolute Gasteiger partial charge is 0.328 e. The molecule has 1 aromatic heterocycles. The van der Waals surface area contributed by atoms with E-state index in [1.165, 1.54) is 18.9 Å². The molecule has 1 heterocycles. The Labute approximate surface area is 151 Å². The van der Waals surface area contributed by atoms with Gasteiger partial charge < -0.3 is 10.1 Å². The van der Waals surface area contributed by atoms with Crippen LogP contribution in [0.1, 0.15) is 20.3 Å². The lowest BCUT2D eigenvalue weighted by molar-refractivity contribution is -0.145. The third kappa shape index (κ3) is 5.60. The lowest BCUT2D eigenvalue weighted by atomic mass is 10.0. The Bertz CT molecular complexity index is 703. The van der Waals surface area contributed by atoms with Crippen LogP contribution in [0.25, 0.3) is 5.69 Å². The monoisotopic (exact) mass is 362 g/mol. The number of carbonyl (C=O) groups excluding carboxylic acids is 2. The van der Waals surface area contributed by atoms with Crippen molar-refractivity contribution in [3.8, 4) is 5.69 Å². The first kappa shape index (κ1) is 19.0. The fourth-order valence-electron chi connectivity index (χ4n) is 2.28. The van der Waals surface area contributed by atoms with E-state index in [9.17, 15) is 9.59 Å². The number of nitrogens with one attached hydrogen (secondary N) is 1. The number of benzene rings is 1. The molecule has 2 rings (SSSR count). The van der Waals surface area contributed by atoms with Gasteiger partial charge in [0.05, 0.1) is 12.9 Å². The predicted octanol–water partition coefficient (Wildman–Crippen LogP) is 2.06. The molecular formula is C17H22N4O3S. The molecule has 8 heteroatoms. The van der Waals surface area contributed by atoms with Gasteiger partial charge in [-0.15, -0.1) is 10.2 Å². The van der Waals surface area contributed by atoms with Gasteiger partial charge in [-0.3, -0.25) is 9.36 Å². The number of nitrogens with zero attached hydrogens (tertiary/aromatic N) is 3. The van der Waals surface area contributed by atoms with Crippen molar-refractivity contribution < 1.29 is 14.3 Å². The maximum atomic E-state index is 12.2. The molecule has 1 amide bonds. The summed E-state index contributed by atoms with van der Waals surface area (Å²) in [7, 11) is 1.32. The fraction of sp³-hybridized carbons (Fsp3) is 0.412. The summed E-state index contributed by atoms with van der Waals surface area (Å²) < 4.78 is 6.56. The van der Waals surface area contributed by atoms with Crippen LogP contribution in [-0.2, 0) is 14.3 Å². The summed E-state index contributed by atoms with van der Waals surface area (Å²) in [6.07, 6.45) is 2.13. The van der Waals surface area contributed by atoms with Crippen molar-refractivity contribution in [3.63, 3.8) is 0 Å². The van der Waals surface area contributed by atoms with Crippen LogP contribution < -0.4 is 5.32 Å². The fourth-order valence-corrected chi connectivity index (χ4v) is 3.02. The van der Waals surface area contributed by atoms with Gasteiger partial charge in [-0.1, -0.05) is 43.8 Å². The molecule has 0 fully saturated rings. The highest BCUT2D eigenvalue weighted by molar-refractivity contribution is 7.99. The first-order chi connectivity index (χ1) is 12.0. The summed E-state index contributed by atoms with van der Waals surface area (Å²) >= 11 is 1.26. The maximum absolute atomic E-state index is 12.2. The van der Waals surface area contributed by atoms with Gasteiger partial charge in [-0.05, 0) is 24.5 Å². The van der Waals surface area contributed by atoms with E-state index in [0.29, 0.717) is 11.6 Å². The summed E-state index contributed by atoms with van der Waals surface area (Å²) in [5, 5.41) is 11.3. The largest absolute Gasteiger partial charge is 0.467 e.